The average molecular weight is 247 g/mol. The number of hydrogen-bond donors (Lipinski definition) is 1. The van der Waals surface area contributed by atoms with Crippen molar-refractivity contribution in [3.8, 4) is 5.75 Å². The summed E-state index contributed by atoms with van der Waals surface area (Å²) in [6.07, 6.45) is -3.14. The Kier molecular flexibility index (Phi) is 4.40. The summed E-state index contributed by atoms with van der Waals surface area (Å²) in [5.41, 5.74) is 5.17. The molecule has 2 N–H and O–H groups in total. The van der Waals surface area contributed by atoms with Crippen LogP contribution < -0.4 is 10.5 Å². The lowest BCUT2D eigenvalue weighted by Gasteiger charge is -2.18. The summed E-state index contributed by atoms with van der Waals surface area (Å²) < 4.78 is 43.4. The molecule has 5 heteroatoms. The molecule has 1 rings (SSSR count). The van der Waals surface area contributed by atoms with Crippen molar-refractivity contribution in [3.05, 3.63) is 29.3 Å². The van der Waals surface area contributed by atoms with E-state index in [-0.39, 0.29) is 11.3 Å². The van der Waals surface area contributed by atoms with E-state index in [1.54, 1.807) is 0 Å². The summed E-state index contributed by atoms with van der Waals surface area (Å²) >= 11 is 0. The second-order valence-corrected chi connectivity index (χ2v) is 3.85. The SMILES string of the molecule is CCC[C@@H](N)c1ccc(OC)cc1C(F)(F)F. The van der Waals surface area contributed by atoms with E-state index in [0.29, 0.717) is 6.42 Å². The first-order valence-corrected chi connectivity index (χ1v) is 5.40. The fraction of sp³-hybridized carbons (Fsp3) is 0.500. The first-order valence-electron chi connectivity index (χ1n) is 5.40. The average Bonchev–Trinajstić information content (AvgIpc) is 2.27. The number of nitrogens with two attached hydrogens (primary N) is 1. The van der Waals surface area contributed by atoms with Crippen LogP contribution in [0.4, 0.5) is 13.2 Å². The lowest BCUT2D eigenvalue weighted by atomic mass is 9.97. The molecule has 0 fully saturated rings. The Morgan fingerprint density at radius 3 is 2.47 bits per heavy atom. The van der Waals surface area contributed by atoms with Gasteiger partial charge in [0, 0.05) is 6.04 Å². The van der Waals surface area contributed by atoms with Crippen molar-refractivity contribution in [2.45, 2.75) is 32.0 Å². The van der Waals surface area contributed by atoms with E-state index in [1.165, 1.54) is 19.2 Å². The third-order valence-electron chi connectivity index (χ3n) is 2.57. The molecular weight excluding hydrogens is 231 g/mol. The molecule has 0 spiro atoms. The molecule has 0 aliphatic heterocycles. The Hall–Kier alpha value is -1.23. The van der Waals surface area contributed by atoms with Gasteiger partial charge in [-0.2, -0.15) is 13.2 Å². The second-order valence-electron chi connectivity index (χ2n) is 3.85. The van der Waals surface area contributed by atoms with Crippen molar-refractivity contribution in [1.82, 2.24) is 0 Å². The molecule has 0 saturated carbocycles. The van der Waals surface area contributed by atoms with E-state index in [1.807, 2.05) is 6.92 Å². The summed E-state index contributed by atoms with van der Waals surface area (Å²) in [5, 5.41) is 0. The molecule has 0 radical (unpaired) electrons. The van der Waals surface area contributed by atoms with Gasteiger partial charge in [-0.1, -0.05) is 19.4 Å². The minimum absolute atomic E-state index is 0.125. The molecule has 0 aliphatic carbocycles. The number of halogens is 3. The maximum absolute atomic E-state index is 12.9. The number of methoxy groups -OCH3 is 1. The summed E-state index contributed by atoms with van der Waals surface area (Å²) in [4.78, 5) is 0. The molecule has 1 aromatic carbocycles. The first kappa shape index (κ1) is 13.8. The smallest absolute Gasteiger partial charge is 0.416 e. The van der Waals surface area contributed by atoms with Crippen molar-refractivity contribution in [1.29, 1.82) is 0 Å². The highest BCUT2D eigenvalue weighted by molar-refractivity contribution is 5.39. The van der Waals surface area contributed by atoms with Gasteiger partial charge in [0.15, 0.2) is 0 Å². The van der Waals surface area contributed by atoms with E-state index in [2.05, 4.69) is 0 Å². The van der Waals surface area contributed by atoms with E-state index >= 15 is 0 Å². The van der Waals surface area contributed by atoms with Crippen LogP contribution in [0.25, 0.3) is 0 Å². The number of benzene rings is 1. The minimum Gasteiger partial charge on any atom is -0.497 e. The Morgan fingerprint density at radius 2 is 2.00 bits per heavy atom. The van der Waals surface area contributed by atoms with Crippen molar-refractivity contribution in [2.75, 3.05) is 7.11 Å². The number of hydrogen-bond acceptors (Lipinski definition) is 2. The predicted molar refractivity (Wildman–Crippen MR) is 59.8 cm³/mol. The van der Waals surface area contributed by atoms with Crippen LogP contribution in [0.2, 0.25) is 0 Å². The molecule has 0 unspecified atom stereocenters. The Labute approximate surface area is 98.6 Å². The van der Waals surface area contributed by atoms with E-state index in [4.69, 9.17) is 10.5 Å². The normalized spacial score (nSPS) is 13.5. The Morgan fingerprint density at radius 1 is 1.35 bits per heavy atom. The molecule has 96 valence electrons. The van der Waals surface area contributed by atoms with Crippen LogP contribution in [0.15, 0.2) is 18.2 Å². The van der Waals surface area contributed by atoms with Crippen LogP contribution in [0.5, 0.6) is 5.75 Å². The summed E-state index contributed by atoms with van der Waals surface area (Å²) in [6, 6.07) is 3.29. The molecule has 0 bridgehead atoms. The first-order chi connectivity index (χ1) is 7.90. The highest BCUT2D eigenvalue weighted by atomic mass is 19.4. The maximum atomic E-state index is 12.9. The molecule has 1 aromatic rings. The minimum atomic E-state index is -4.41. The molecule has 0 amide bonds. The van der Waals surface area contributed by atoms with Crippen LogP contribution >= 0.6 is 0 Å². The van der Waals surface area contributed by atoms with Crippen LogP contribution in [0.1, 0.15) is 36.9 Å². The van der Waals surface area contributed by atoms with Gasteiger partial charge in [0.2, 0.25) is 0 Å². The molecule has 0 heterocycles. The van der Waals surface area contributed by atoms with Gasteiger partial charge in [-0.15, -0.1) is 0 Å². The van der Waals surface area contributed by atoms with E-state index in [9.17, 15) is 13.2 Å². The molecule has 0 saturated heterocycles. The maximum Gasteiger partial charge on any atom is 0.416 e. The fourth-order valence-electron chi connectivity index (χ4n) is 1.70. The van der Waals surface area contributed by atoms with Gasteiger partial charge in [-0.3, -0.25) is 0 Å². The summed E-state index contributed by atoms with van der Waals surface area (Å²) in [7, 11) is 1.33. The van der Waals surface area contributed by atoms with Gasteiger partial charge >= 0.3 is 6.18 Å². The van der Waals surface area contributed by atoms with Crippen LogP contribution in [0.3, 0.4) is 0 Å². The Balaban J connectivity index is 3.20. The number of rotatable bonds is 4. The lowest BCUT2D eigenvalue weighted by Crippen LogP contribution is -2.17. The quantitative estimate of drug-likeness (QED) is 0.883. The highest BCUT2D eigenvalue weighted by Gasteiger charge is 2.34. The lowest BCUT2D eigenvalue weighted by molar-refractivity contribution is -0.138. The molecule has 0 aliphatic rings. The van der Waals surface area contributed by atoms with Gasteiger partial charge < -0.3 is 10.5 Å². The van der Waals surface area contributed by atoms with E-state index in [0.717, 1.165) is 12.5 Å². The predicted octanol–water partition coefficient (Wildman–Crippen LogP) is 3.51. The van der Waals surface area contributed by atoms with Gasteiger partial charge in [0.1, 0.15) is 5.75 Å². The third-order valence-corrected chi connectivity index (χ3v) is 2.57. The van der Waals surface area contributed by atoms with Gasteiger partial charge in [0.05, 0.1) is 12.7 Å². The fourth-order valence-corrected chi connectivity index (χ4v) is 1.70. The zero-order valence-corrected chi connectivity index (χ0v) is 9.84. The van der Waals surface area contributed by atoms with Crippen LogP contribution in [-0.2, 0) is 6.18 Å². The van der Waals surface area contributed by atoms with Gasteiger partial charge in [-0.25, -0.2) is 0 Å². The molecule has 2 nitrogen and oxygen atoms in total. The van der Waals surface area contributed by atoms with Crippen molar-refractivity contribution < 1.29 is 17.9 Å². The largest absolute Gasteiger partial charge is 0.497 e. The summed E-state index contributed by atoms with van der Waals surface area (Å²) in [5.74, 6) is 0.185. The van der Waals surface area contributed by atoms with E-state index < -0.39 is 17.8 Å². The third kappa shape index (κ3) is 3.36. The molecule has 0 aromatic heterocycles. The molecule has 17 heavy (non-hydrogen) atoms. The standard InChI is InChI=1S/C12H16F3NO/c1-3-4-11(16)9-6-5-8(17-2)7-10(9)12(13,14)15/h5-7,11H,3-4,16H2,1-2H3/t11-/m1/s1. The Bertz CT molecular complexity index is 377. The second kappa shape index (κ2) is 5.40. The zero-order chi connectivity index (χ0) is 13.1. The topological polar surface area (TPSA) is 35.2 Å². The van der Waals surface area contributed by atoms with Gasteiger partial charge in [0.25, 0.3) is 0 Å². The van der Waals surface area contributed by atoms with Crippen molar-refractivity contribution >= 4 is 0 Å². The number of ether oxygens (including phenoxy) is 1. The monoisotopic (exact) mass is 247 g/mol. The van der Waals surface area contributed by atoms with Crippen molar-refractivity contribution in [2.24, 2.45) is 5.73 Å². The van der Waals surface area contributed by atoms with Crippen LogP contribution in [0, 0.1) is 0 Å². The van der Waals surface area contributed by atoms with Crippen molar-refractivity contribution in [3.63, 3.8) is 0 Å². The summed E-state index contributed by atoms with van der Waals surface area (Å²) in [6.45, 7) is 1.89. The molecular formula is C12H16F3NO. The van der Waals surface area contributed by atoms with Gasteiger partial charge in [-0.05, 0) is 24.1 Å². The molecule has 1 atom stereocenters. The highest BCUT2D eigenvalue weighted by Crippen LogP contribution is 2.37. The number of alkyl halides is 3. The zero-order valence-electron chi connectivity index (χ0n) is 9.84. The van der Waals surface area contributed by atoms with Crippen LogP contribution in [-0.4, -0.2) is 7.11 Å².